The number of Topliss-reactive ketones (excluding diaryl/α,β-unsaturated/α-hetero) is 1. The highest BCUT2D eigenvalue weighted by Crippen LogP contribution is 2.16. The smallest absolute Gasteiger partial charge is 0.270 e. The van der Waals surface area contributed by atoms with Crippen LogP contribution in [0.3, 0.4) is 0 Å². The standard InChI is InChI=1S/C13H16N2O4/c1-19-12-5-6-14(8-12)9-13(16)10-3-2-4-11(7-10)15(17)18/h2-4,7,12H,5-6,8-9H2,1H3. The van der Waals surface area contributed by atoms with Crippen molar-refractivity contribution in [2.45, 2.75) is 12.5 Å². The molecule has 0 radical (unpaired) electrons. The molecule has 1 aromatic rings. The Kier molecular flexibility index (Phi) is 4.24. The third-order valence-electron chi connectivity index (χ3n) is 3.31. The Balaban J connectivity index is 2.00. The van der Waals surface area contributed by atoms with Crippen LogP contribution in [0.1, 0.15) is 16.8 Å². The zero-order valence-electron chi connectivity index (χ0n) is 10.7. The number of likely N-dealkylation sites (tertiary alicyclic amines) is 1. The van der Waals surface area contributed by atoms with Gasteiger partial charge in [-0.2, -0.15) is 0 Å². The number of rotatable bonds is 5. The van der Waals surface area contributed by atoms with Crippen molar-refractivity contribution in [1.29, 1.82) is 0 Å². The number of nitro benzene ring substituents is 1. The number of hydrogen-bond donors (Lipinski definition) is 0. The van der Waals surface area contributed by atoms with Gasteiger partial charge in [-0.25, -0.2) is 0 Å². The predicted octanol–water partition coefficient (Wildman–Crippen LogP) is 1.50. The largest absolute Gasteiger partial charge is 0.380 e. The molecule has 1 saturated heterocycles. The monoisotopic (exact) mass is 264 g/mol. The number of non-ortho nitro benzene ring substituents is 1. The van der Waals surface area contributed by atoms with Gasteiger partial charge in [-0.05, 0) is 6.42 Å². The van der Waals surface area contributed by atoms with Crippen LogP contribution < -0.4 is 0 Å². The van der Waals surface area contributed by atoms with Crippen molar-refractivity contribution in [1.82, 2.24) is 4.90 Å². The molecule has 1 unspecified atom stereocenters. The van der Waals surface area contributed by atoms with Crippen LogP contribution in [-0.4, -0.2) is 48.5 Å². The maximum absolute atomic E-state index is 12.1. The topological polar surface area (TPSA) is 72.7 Å². The van der Waals surface area contributed by atoms with E-state index in [-0.39, 0.29) is 24.1 Å². The summed E-state index contributed by atoms with van der Waals surface area (Å²) in [6.07, 6.45) is 1.09. The summed E-state index contributed by atoms with van der Waals surface area (Å²) in [7, 11) is 1.66. The van der Waals surface area contributed by atoms with Crippen molar-refractivity contribution in [2.24, 2.45) is 0 Å². The molecule has 0 amide bonds. The van der Waals surface area contributed by atoms with Crippen molar-refractivity contribution < 1.29 is 14.5 Å². The van der Waals surface area contributed by atoms with E-state index in [0.717, 1.165) is 19.5 Å². The van der Waals surface area contributed by atoms with Gasteiger partial charge >= 0.3 is 0 Å². The average molecular weight is 264 g/mol. The summed E-state index contributed by atoms with van der Waals surface area (Å²) in [6, 6.07) is 5.85. The maximum atomic E-state index is 12.1. The van der Waals surface area contributed by atoms with Gasteiger partial charge in [0.25, 0.3) is 5.69 Å². The molecule has 0 aromatic heterocycles. The molecule has 0 aliphatic carbocycles. The Morgan fingerprint density at radius 1 is 1.58 bits per heavy atom. The molecule has 0 N–H and O–H groups in total. The SMILES string of the molecule is COC1CCN(CC(=O)c2cccc([N+](=O)[O-])c2)C1. The third-order valence-corrected chi connectivity index (χ3v) is 3.31. The molecular weight excluding hydrogens is 248 g/mol. The van der Waals surface area contributed by atoms with E-state index < -0.39 is 4.92 Å². The van der Waals surface area contributed by atoms with Gasteiger partial charge in [-0.3, -0.25) is 19.8 Å². The maximum Gasteiger partial charge on any atom is 0.270 e. The van der Waals surface area contributed by atoms with Gasteiger partial charge < -0.3 is 4.74 Å². The van der Waals surface area contributed by atoms with E-state index in [4.69, 9.17) is 4.74 Å². The lowest BCUT2D eigenvalue weighted by molar-refractivity contribution is -0.384. The third kappa shape index (κ3) is 3.36. The molecule has 0 saturated carbocycles. The summed E-state index contributed by atoms with van der Waals surface area (Å²) in [5.41, 5.74) is 0.331. The first-order chi connectivity index (χ1) is 9.10. The van der Waals surface area contributed by atoms with Gasteiger partial charge in [0.1, 0.15) is 0 Å². The van der Waals surface area contributed by atoms with Gasteiger partial charge in [0, 0.05) is 37.9 Å². The molecule has 102 valence electrons. The van der Waals surface area contributed by atoms with E-state index in [2.05, 4.69) is 0 Å². The predicted molar refractivity (Wildman–Crippen MR) is 69.3 cm³/mol. The van der Waals surface area contributed by atoms with E-state index >= 15 is 0 Å². The molecule has 6 heteroatoms. The zero-order valence-corrected chi connectivity index (χ0v) is 10.7. The molecular formula is C13H16N2O4. The number of ether oxygens (including phenoxy) is 1. The fraction of sp³-hybridized carbons (Fsp3) is 0.462. The molecule has 1 aromatic carbocycles. The highest BCUT2D eigenvalue weighted by molar-refractivity contribution is 5.98. The summed E-state index contributed by atoms with van der Waals surface area (Å²) in [5, 5.41) is 10.7. The van der Waals surface area contributed by atoms with Crippen molar-refractivity contribution in [2.75, 3.05) is 26.7 Å². The molecule has 6 nitrogen and oxygen atoms in total. The summed E-state index contributed by atoms with van der Waals surface area (Å²) < 4.78 is 5.24. The van der Waals surface area contributed by atoms with Crippen LogP contribution in [0.2, 0.25) is 0 Å². The van der Waals surface area contributed by atoms with Gasteiger partial charge in [0.05, 0.1) is 17.6 Å². The number of ketones is 1. The molecule has 0 spiro atoms. The summed E-state index contributed by atoms with van der Waals surface area (Å²) in [4.78, 5) is 24.3. The molecule has 0 bridgehead atoms. The molecule has 19 heavy (non-hydrogen) atoms. The van der Waals surface area contributed by atoms with Crippen LogP contribution >= 0.6 is 0 Å². The number of benzene rings is 1. The molecule has 1 heterocycles. The van der Waals surface area contributed by atoms with Gasteiger partial charge in [0.15, 0.2) is 5.78 Å². The first-order valence-electron chi connectivity index (χ1n) is 6.13. The van der Waals surface area contributed by atoms with Crippen molar-refractivity contribution in [3.05, 3.63) is 39.9 Å². The summed E-state index contributed by atoms with van der Waals surface area (Å²) in [6.45, 7) is 1.83. The lowest BCUT2D eigenvalue weighted by Crippen LogP contribution is -2.29. The van der Waals surface area contributed by atoms with E-state index in [0.29, 0.717) is 5.56 Å². The molecule has 1 atom stereocenters. The van der Waals surface area contributed by atoms with Gasteiger partial charge in [-0.1, -0.05) is 12.1 Å². The van der Waals surface area contributed by atoms with E-state index in [9.17, 15) is 14.9 Å². The van der Waals surface area contributed by atoms with E-state index in [1.807, 2.05) is 4.90 Å². The highest BCUT2D eigenvalue weighted by Gasteiger charge is 2.24. The minimum absolute atomic E-state index is 0.0537. The normalized spacial score (nSPS) is 19.5. The quantitative estimate of drug-likeness (QED) is 0.458. The molecule has 1 aliphatic rings. The lowest BCUT2D eigenvalue weighted by atomic mass is 10.1. The highest BCUT2D eigenvalue weighted by atomic mass is 16.6. The fourth-order valence-electron chi connectivity index (χ4n) is 2.22. The number of hydrogen-bond acceptors (Lipinski definition) is 5. The minimum atomic E-state index is -0.492. The Labute approximate surface area is 111 Å². The second-order valence-corrected chi connectivity index (χ2v) is 4.61. The van der Waals surface area contributed by atoms with E-state index in [1.165, 1.54) is 18.2 Å². The van der Waals surface area contributed by atoms with Crippen LogP contribution in [0.25, 0.3) is 0 Å². The second-order valence-electron chi connectivity index (χ2n) is 4.61. The minimum Gasteiger partial charge on any atom is -0.380 e. The van der Waals surface area contributed by atoms with Crippen molar-refractivity contribution in [3.63, 3.8) is 0 Å². The Morgan fingerprint density at radius 3 is 3.00 bits per heavy atom. The van der Waals surface area contributed by atoms with Crippen molar-refractivity contribution in [3.8, 4) is 0 Å². The van der Waals surface area contributed by atoms with Crippen LogP contribution in [0.5, 0.6) is 0 Å². The molecule has 1 aliphatic heterocycles. The fourth-order valence-corrected chi connectivity index (χ4v) is 2.22. The van der Waals surface area contributed by atoms with Gasteiger partial charge in [-0.15, -0.1) is 0 Å². The Hall–Kier alpha value is -1.79. The summed E-state index contributed by atoms with van der Waals surface area (Å²) in [5.74, 6) is -0.0968. The molecule has 2 rings (SSSR count). The first-order valence-corrected chi connectivity index (χ1v) is 6.13. The Bertz CT molecular complexity index is 489. The first kappa shape index (κ1) is 13.6. The number of nitrogens with zero attached hydrogens (tertiary/aromatic N) is 2. The Morgan fingerprint density at radius 2 is 2.37 bits per heavy atom. The van der Waals surface area contributed by atoms with E-state index in [1.54, 1.807) is 13.2 Å². The zero-order chi connectivity index (χ0) is 13.8. The van der Waals surface area contributed by atoms with Gasteiger partial charge in [0.2, 0.25) is 0 Å². The number of methoxy groups -OCH3 is 1. The summed E-state index contributed by atoms with van der Waals surface area (Å²) >= 11 is 0. The molecule has 1 fully saturated rings. The van der Waals surface area contributed by atoms with Crippen LogP contribution in [-0.2, 0) is 4.74 Å². The van der Waals surface area contributed by atoms with Crippen LogP contribution in [0.15, 0.2) is 24.3 Å². The van der Waals surface area contributed by atoms with Crippen LogP contribution in [0, 0.1) is 10.1 Å². The lowest BCUT2D eigenvalue weighted by Gasteiger charge is -2.14. The average Bonchev–Trinajstić information content (AvgIpc) is 2.86. The number of carbonyl (C=O) groups is 1. The second kappa shape index (κ2) is 5.90. The van der Waals surface area contributed by atoms with Crippen LogP contribution in [0.4, 0.5) is 5.69 Å². The number of carbonyl (C=O) groups excluding carboxylic acids is 1. The number of nitro groups is 1. The van der Waals surface area contributed by atoms with Crippen molar-refractivity contribution >= 4 is 11.5 Å².